The number of rotatable bonds is 4. The lowest BCUT2D eigenvalue weighted by Gasteiger charge is -2.22. The van der Waals surface area contributed by atoms with Crippen LogP contribution >= 0.6 is 11.6 Å². The summed E-state index contributed by atoms with van der Waals surface area (Å²) in [6.07, 6.45) is 0.826. The van der Waals surface area contributed by atoms with Crippen LogP contribution in [0.3, 0.4) is 0 Å². The number of carbonyl (C=O) groups excluding carboxylic acids is 2. The number of halogens is 1. The van der Waals surface area contributed by atoms with Crippen molar-refractivity contribution in [2.24, 2.45) is 0 Å². The molecule has 0 radical (unpaired) electrons. The van der Waals surface area contributed by atoms with E-state index in [1.54, 1.807) is 24.3 Å². The first-order chi connectivity index (χ1) is 15.5. The van der Waals surface area contributed by atoms with Crippen LogP contribution in [-0.2, 0) is 16.0 Å². The summed E-state index contributed by atoms with van der Waals surface area (Å²) in [6.45, 7) is 0.651. The van der Waals surface area contributed by atoms with E-state index in [1.807, 2.05) is 66.4 Å². The molecular weight excluding hydrogens is 422 g/mol. The van der Waals surface area contributed by atoms with Crippen LogP contribution in [0.1, 0.15) is 11.1 Å². The summed E-state index contributed by atoms with van der Waals surface area (Å²) in [5.41, 5.74) is 5.19. The van der Waals surface area contributed by atoms with E-state index in [0.717, 1.165) is 17.8 Å². The van der Waals surface area contributed by atoms with Gasteiger partial charge in [0.25, 0.3) is 11.8 Å². The smallest absolute Gasteiger partial charge is 0.282 e. The van der Waals surface area contributed by atoms with Gasteiger partial charge in [-0.25, -0.2) is 4.90 Å². The predicted octanol–water partition coefficient (Wildman–Crippen LogP) is 4.75. The van der Waals surface area contributed by atoms with Crippen LogP contribution in [-0.4, -0.2) is 32.5 Å². The highest BCUT2D eigenvalue weighted by atomic mass is 35.5. The molecule has 2 amide bonds. The second-order valence-corrected chi connectivity index (χ2v) is 8.55. The average Bonchev–Trinajstić information content (AvgIpc) is 3.32. The fraction of sp³-hybridized carbons (Fsp3) is 0.154. The van der Waals surface area contributed by atoms with Gasteiger partial charge in [0, 0.05) is 37.0 Å². The van der Waals surface area contributed by atoms with Crippen molar-refractivity contribution in [3.8, 4) is 0 Å². The molecule has 5 nitrogen and oxygen atoms in total. The lowest BCUT2D eigenvalue weighted by Crippen LogP contribution is -2.34. The quantitative estimate of drug-likeness (QED) is 0.546. The van der Waals surface area contributed by atoms with Crippen molar-refractivity contribution < 1.29 is 9.59 Å². The number of para-hydroxylation sites is 1. The summed E-state index contributed by atoms with van der Waals surface area (Å²) in [4.78, 5) is 32.7. The SMILES string of the molecule is CN(C)c1ccc(N2C(=O)C(c3ccc(Cl)cc3)=C(N3CCc4ccccc43)C2=O)cc1. The molecule has 160 valence electrons. The maximum Gasteiger partial charge on any atom is 0.282 e. The molecule has 0 saturated heterocycles. The first-order valence-electron chi connectivity index (χ1n) is 10.5. The Kier molecular flexibility index (Phi) is 4.98. The fourth-order valence-electron chi connectivity index (χ4n) is 4.35. The highest BCUT2D eigenvalue weighted by molar-refractivity contribution is 6.46. The minimum atomic E-state index is -0.325. The van der Waals surface area contributed by atoms with Crippen molar-refractivity contribution in [3.63, 3.8) is 0 Å². The van der Waals surface area contributed by atoms with Crippen LogP contribution < -0.4 is 14.7 Å². The molecule has 0 bridgehead atoms. The predicted molar refractivity (Wildman–Crippen MR) is 129 cm³/mol. The molecule has 3 aromatic carbocycles. The Morgan fingerprint density at radius 3 is 2.22 bits per heavy atom. The van der Waals surface area contributed by atoms with E-state index in [4.69, 9.17) is 11.6 Å². The van der Waals surface area contributed by atoms with Crippen LogP contribution in [0.25, 0.3) is 5.57 Å². The Morgan fingerprint density at radius 2 is 1.53 bits per heavy atom. The third kappa shape index (κ3) is 3.26. The number of carbonyl (C=O) groups is 2. The van der Waals surface area contributed by atoms with Crippen LogP contribution in [0.15, 0.2) is 78.5 Å². The second-order valence-electron chi connectivity index (χ2n) is 8.12. The van der Waals surface area contributed by atoms with Gasteiger partial charge in [0.2, 0.25) is 0 Å². The summed E-state index contributed by atoms with van der Waals surface area (Å²) >= 11 is 6.09. The average molecular weight is 444 g/mol. The van der Waals surface area contributed by atoms with E-state index >= 15 is 0 Å². The van der Waals surface area contributed by atoms with Crippen LogP contribution in [0.5, 0.6) is 0 Å². The molecule has 6 heteroatoms. The third-order valence-electron chi connectivity index (χ3n) is 5.97. The van der Waals surface area contributed by atoms with Gasteiger partial charge in [-0.05, 0) is 60.0 Å². The molecule has 0 saturated carbocycles. The Bertz CT molecular complexity index is 1250. The summed E-state index contributed by atoms with van der Waals surface area (Å²) in [6, 6.07) is 22.5. The molecular formula is C26H22ClN3O2. The zero-order chi connectivity index (χ0) is 22.4. The number of hydrogen-bond acceptors (Lipinski definition) is 4. The monoisotopic (exact) mass is 443 g/mol. The van der Waals surface area contributed by atoms with Crippen molar-refractivity contribution in [3.05, 3.63) is 94.6 Å². The first-order valence-corrected chi connectivity index (χ1v) is 10.9. The molecule has 0 aromatic heterocycles. The molecule has 0 aliphatic carbocycles. The maximum absolute atomic E-state index is 13.8. The minimum Gasteiger partial charge on any atom is -0.378 e. The van der Waals surface area contributed by atoms with Crippen molar-refractivity contribution in [2.75, 3.05) is 35.3 Å². The van der Waals surface area contributed by atoms with Crippen LogP contribution in [0.4, 0.5) is 17.1 Å². The van der Waals surface area contributed by atoms with E-state index in [2.05, 4.69) is 6.07 Å². The van der Waals surface area contributed by atoms with E-state index in [0.29, 0.717) is 34.1 Å². The molecule has 3 aromatic rings. The molecule has 0 N–H and O–H groups in total. The molecule has 2 aliphatic heterocycles. The summed E-state index contributed by atoms with van der Waals surface area (Å²) in [5, 5.41) is 0.579. The number of anilines is 3. The van der Waals surface area contributed by atoms with Gasteiger partial charge in [0.15, 0.2) is 0 Å². The Labute approximate surface area is 192 Å². The first kappa shape index (κ1) is 20.3. The Balaban J connectivity index is 1.64. The van der Waals surface area contributed by atoms with Crippen molar-refractivity contribution in [1.29, 1.82) is 0 Å². The Hall–Kier alpha value is -3.57. The molecule has 2 aliphatic rings. The fourth-order valence-corrected chi connectivity index (χ4v) is 4.48. The number of benzene rings is 3. The highest BCUT2D eigenvalue weighted by Gasteiger charge is 2.44. The summed E-state index contributed by atoms with van der Waals surface area (Å²) in [5.74, 6) is -0.636. The number of hydrogen-bond donors (Lipinski definition) is 0. The molecule has 0 atom stereocenters. The van der Waals surface area contributed by atoms with E-state index in [9.17, 15) is 9.59 Å². The van der Waals surface area contributed by atoms with Gasteiger partial charge in [-0.1, -0.05) is 41.9 Å². The number of amides is 2. The number of fused-ring (bicyclic) bond motifs is 1. The number of imide groups is 1. The van der Waals surface area contributed by atoms with E-state index in [1.165, 1.54) is 10.5 Å². The molecule has 32 heavy (non-hydrogen) atoms. The van der Waals surface area contributed by atoms with Gasteiger partial charge in [-0.15, -0.1) is 0 Å². The second kappa shape index (κ2) is 7.84. The van der Waals surface area contributed by atoms with Crippen molar-refractivity contribution in [2.45, 2.75) is 6.42 Å². The van der Waals surface area contributed by atoms with Gasteiger partial charge < -0.3 is 9.80 Å². The van der Waals surface area contributed by atoms with Gasteiger partial charge in [-0.2, -0.15) is 0 Å². The lowest BCUT2D eigenvalue weighted by molar-refractivity contribution is -0.120. The normalized spacial score (nSPS) is 15.6. The topological polar surface area (TPSA) is 43.9 Å². The zero-order valence-corrected chi connectivity index (χ0v) is 18.6. The van der Waals surface area contributed by atoms with Gasteiger partial charge in [-0.3, -0.25) is 9.59 Å². The lowest BCUT2D eigenvalue weighted by atomic mass is 10.0. The minimum absolute atomic E-state index is 0.311. The molecule has 0 spiro atoms. The summed E-state index contributed by atoms with van der Waals surface area (Å²) in [7, 11) is 3.90. The largest absolute Gasteiger partial charge is 0.378 e. The van der Waals surface area contributed by atoms with E-state index < -0.39 is 0 Å². The highest BCUT2D eigenvalue weighted by Crippen LogP contribution is 2.40. The molecule has 2 heterocycles. The third-order valence-corrected chi connectivity index (χ3v) is 6.23. The van der Waals surface area contributed by atoms with Crippen LogP contribution in [0, 0.1) is 0 Å². The Morgan fingerprint density at radius 1 is 0.844 bits per heavy atom. The van der Waals surface area contributed by atoms with Gasteiger partial charge >= 0.3 is 0 Å². The van der Waals surface area contributed by atoms with Crippen molar-refractivity contribution >= 4 is 46.1 Å². The summed E-state index contributed by atoms with van der Waals surface area (Å²) < 4.78 is 0. The van der Waals surface area contributed by atoms with E-state index in [-0.39, 0.29) is 11.8 Å². The van der Waals surface area contributed by atoms with Gasteiger partial charge in [0.05, 0.1) is 11.3 Å². The molecule has 5 rings (SSSR count). The van der Waals surface area contributed by atoms with Crippen LogP contribution in [0.2, 0.25) is 5.02 Å². The molecule has 0 unspecified atom stereocenters. The zero-order valence-electron chi connectivity index (χ0n) is 17.9. The maximum atomic E-state index is 13.8. The van der Waals surface area contributed by atoms with Crippen molar-refractivity contribution in [1.82, 2.24) is 0 Å². The standard InChI is InChI=1S/C26H22ClN3O2/c1-28(2)20-11-13-21(14-12-20)30-25(31)23(18-7-9-19(27)10-8-18)24(26(30)32)29-16-15-17-5-3-4-6-22(17)29/h3-14H,15-16H2,1-2H3. The van der Waals surface area contributed by atoms with Gasteiger partial charge in [0.1, 0.15) is 5.70 Å². The number of nitrogens with zero attached hydrogens (tertiary/aromatic N) is 3. The molecule has 0 fully saturated rings.